The van der Waals surface area contributed by atoms with Crippen LogP contribution < -0.4 is 4.74 Å². The first kappa shape index (κ1) is 12.6. The second kappa shape index (κ2) is 4.78. The van der Waals surface area contributed by atoms with Crippen LogP contribution in [-0.2, 0) is 7.05 Å². The highest BCUT2D eigenvalue weighted by Crippen LogP contribution is 2.29. The van der Waals surface area contributed by atoms with Crippen LogP contribution in [0.25, 0.3) is 0 Å². The van der Waals surface area contributed by atoms with E-state index in [0.717, 1.165) is 5.69 Å². The standard InChI is InChI=1S/C13H15FN2O2/c1-8-7-10(16(2)15-8)13(17)9-5-4-6-11(18-3)12(9)14/h4-7,13,17H,1-3H3. The van der Waals surface area contributed by atoms with Crippen LogP contribution in [-0.4, -0.2) is 22.0 Å². The number of benzene rings is 1. The molecule has 0 amide bonds. The Kier molecular flexibility index (Phi) is 3.34. The molecule has 0 radical (unpaired) electrons. The maximum atomic E-state index is 14.0. The van der Waals surface area contributed by atoms with Crippen molar-refractivity contribution in [1.82, 2.24) is 9.78 Å². The summed E-state index contributed by atoms with van der Waals surface area (Å²) >= 11 is 0. The van der Waals surface area contributed by atoms with Crippen molar-refractivity contribution in [3.63, 3.8) is 0 Å². The van der Waals surface area contributed by atoms with Gasteiger partial charge in [0.25, 0.3) is 0 Å². The number of nitrogens with zero attached hydrogens (tertiary/aromatic N) is 2. The molecule has 0 fully saturated rings. The highest BCUT2D eigenvalue weighted by Gasteiger charge is 2.20. The average Bonchev–Trinajstić information content (AvgIpc) is 2.68. The first-order chi connectivity index (χ1) is 8.54. The molecule has 2 rings (SSSR count). The number of aliphatic hydroxyl groups excluding tert-OH is 1. The summed E-state index contributed by atoms with van der Waals surface area (Å²) in [5.74, 6) is -0.434. The summed E-state index contributed by atoms with van der Waals surface area (Å²) in [4.78, 5) is 0. The Balaban J connectivity index is 2.46. The summed E-state index contributed by atoms with van der Waals surface area (Å²) < 4.78 is 20.5. The molecule has 18 heavy (non-hydrogen) atoms. The Morgan fingerprint density at radius 3 is 2.72 bits per heavy atom. The molecule has 2 aromatic rings. The lowest BCUT2D eigenvalue weighted by molar-refractivity contribution is 0.203. The number of methoxy groups -OCH3 is 1. The van der Waals surface area contributed by atoms with Crippen LogP contribution in [0.3, 0.4) is 0 Å². The quantitative estimate of drug-likeness (QED) is 0.905. The van der Waals surface area contributed by atoms with Crippen molar-refractivity contribution in [2.45, 2.75) is 13.0 Å². The van der Waals surface area contributed by atoms with E-state index in [2.05, 4.69) is 5.10 Å². The van der Waals surface area contributed by atoms with E-state index >= 15 is 0 Å². The molecule has 1 atom stereocenters. The topological polar surface area (TPSA) is 47.3 Å². The van der Waals surface area contributed by atoms with Crippen molar-refractivity contribution in [2.75, 3.05) is 7.11 Å². The highest BCUT2D eigenvalue weighted by molar-refractivity contribution is 5.35. The monoisotopic (exact) mass is 250 g/mol. The lowest BCUT2D eigenvalue weighted by Gasteiger charge is -2.13. The van der Waals surface area contributed by atoms with E-state index in [1.807, 2.05) is 6.92 Å². The van der Waals surface area contributed by atoms with Gasteiger partial charge in [-0.1, -0.05) is 12.1 Å². The number of hydrogen-bond donors (Lipinski definition) is 1. The molecule has 1 N–H and O–H groups in total. The maximum Gasteiger partial charge on any atom is 0.171 e. The third-order valence-electron chi connectivity index (χ3n) is 2.83. The molecule has 1 heterocycles. The van der Waals surface area contributed by atoms with Gasteiger partial charge in [0, 0.05) is 12.6 Å². The highest BCUT2D eigenvalue weighted by atomic mass is 19.1. The van der Waals surface area contributed by atoms with Crippen molar-refractivity contribution in [3.05, 3.63) is 47.0 Å². The zero-order valence-electron chi connectivity index (χ0n) is 10.5. The number of hydrogen-bond acceptors (Lipinski definition) is 3. The number of aliphatic hydroxyl groups is 1. The van der Waals surface area contributed by atoms with Gasteiger partial charge in [-0.05, 0) is 19.1 Å². The number of halogens is 1. The first-order valence-electron chi connectivity index (χ1n) is 5.55. The maximum absolute atomic E-state index is 14.0. The summed E-state index contributed by atoms with van der Waals surface area (Å²) in [5, 5.41) is 14.4. The predicted molar refractivity (Wildman–Crippen MR) is 65.0 cm³/mol. The van der Waals surface area contributed by atoms with Crippen LogP contribution in [0.1, 0.15) is 23.1 Å². The lowest BCUT2D eigenvalue weighted by Crippen LogP contribution is -2.09. The molecule has 1 unspecified atom stereocenters. The first-order valence-corrected chi connectivity index (χ1v) is 5.55. The van der Waals surface area contributed by atoms with Gasteiger partial charge in [0.1, 0.15) is 6.10 Å². The van der Waals surface area contributed by atoms with Crippen molar-refractivity contribution in [1.29, 1.82) is 0 Å². The summed E-state index contributed by atoms with van der Waals surface area (Å²) in [6.45, 7) is 1.82. The Bertz CT molecular complexity index is 566. The normalized spacial score (nSPS) is 12.5. The van der Waals surface area contributed by atoms with Crippen LogP contribution in [0.4, 0.5) is 4.39 Å². The third kappa shape index (κ3) is 2.09. The van der Waals surface area contributed by atoms with Gasteiger partial charge >= 0.3 is 0 Å². The molecule has 1 aromatic heterocycles. The molecule has 0 aliphatic carbocycles. The molecule has 0 spiro atoms. The van der Waals surface area contributed by atoms with Gasteiger partial charge < -0.3 is 9.84 Å². The van der Waals surface area contributed by atoms with E-state index in [0.29, 0.717) is 5.69 Å². The van der Waals surface area contributed by atoms with E-state index in [1.165, 1.54) is 19.2 Å². The molecule has 0 aliphatic rings. The Hall–Kier alpha value is -1.88. The van der Waals surface area contributed by atoms with Crippen molar-refractivity contribution >= 4 is 0 Å². The van der Waals surface area contributed by atoms with Gasteiger partial charge in [0.2, 0.25) is 0 Å². The molecule has 96 valence electrons. The minimum atomic E-state index is -1.06. The Morgan fingerprint density at radius 2 is 2.17 bits per heavy atom. The van der Waals surface area contributed by atoms with E-state index < -0.39 is 11.9 Å². The average molecular weight is 250 g/mol. The Labute approximate surface area is 105 Å². The zero-order valence-corrected chi connectivity index (χ0v) is 10.5. The third-order valence-corrected chi connectivity index (χ3v) is 2.83. The minimum absolute atomic E-state index is 0.116. The van der Waals surface area contributed by atoms with Crippen LogP contribution in [0.2, 0.25) is 0 Å². The second-order valence-electron chi connectivity index (χ2n) is 4.10. The van der Waals surface area contributed by atoms with Crippen molar-refractivity contribution in [3.8, 4) is 5.75 Å². The Morgan fingerprint density at radius 1 is 1.44 bits per heavy atom. The largest absolute Gasteiger partial charge is 0.494 e. The van der Waals surface area contributed by atoms with Crippen LogP contribution in [0.5, 0.6) is 5.75 Å². The molecule has 0 saturated carbocycles. The molecule has 0 saturated heterocycles. The van der Waals surface area contributed by atoms with Gasteiger partial charge in [-0.2, -0.15) is 5.10 Å². The fourth-order valence-corrected chi connectivity index (χ4v) is 1.94. The number of rotatable bonds is 3. The fraction of sp³-hybridized carbons (Fsp3) is 0.308. The lowest BCUT2D eigenvalue weighted by atomic mass is 10.1. The molecular formula is C13H15FN2O2. The minimum Gasteiger partial charge on any atom is -0.494 e. The molecule has 0 bridgehead atoms. The van der Waals surface area contributed by atoms with Crippen LogP contribution in [0, 0.1) is 12.7 Å². The van der Waals surface area contributed by atoms with Gasteiger partial charge in [0.05, 0.1) is 18.5 Å². The molecule has 0 aliphatic heterocycles. The molecular weight excluding hydrogens is 235 g/mol. The number of aryl methyl sites for hydroxylation is 2. The van der Waals surface area contributed by atoms with E-state index in [4.69, 9.17) is 4.74 Å². The second-order valence-corrected chi connectivity index (χ2v) is 4.10. The SMILES string of the molecule is COc1cccc(C(O)c2cc(C)nn2C)c1F. The fourth-order valence-electron chi connectivity index (χ4n) is 1.94. The van der Waals surface area contributed by atoms with E-state index in [1.54, 1.807) is 23.9 Å². The number of ether oxygens (including phenoxy) is 1. The van der Waals surface area contributed by atoms with E-state index in [-0.39, 0.29) is 11.3 Å². The summed E-state index contributed by atoms with van der Waals surface area (Å²) in [7, 11) is 3.10. The van der Waals surface area contributed by atoms with Gasteiger partial charge in [-0.25, -0.2) is 4.39 Å². The van der Waals surface area contributed by atoms with Gasteiger partial charge in [-0.3, -0.25) is 4.68 Å². The molecule has 4 nitrogen and oxygen atoms in total. The van der Waals surface area contributed by atoms with E-state index in [9.17, 15) is 9.50 Å². The summed E-state index contributed by atoms with van der Waals surface area (Å²) in [6, 6.07) is 6.41. The summed E-state index contributed by atoms with van der Waals surface area (Å²) in [6.07, 6.45) is -1.06. The van der Waals surface area contributed by atoms with Gasteiger partial charge in [0.15, 0.2) is 11.6 Å². The van der Waals surface area contributed by atoms with Crippen LogP contribution in [0.15, 0.2) is 24.3 Å². The predicted octanol–water partition coefficient (Wildman–Crippen LogP) is 1.96. The smallest absolute Gasteiger partial charge is 0.171 e. The van der Waals surface area contributed by atoms with Crippen LogP contribution >= 0.6 is 0 Å². The zero-order chi connectivity index (χ0) is 13.3. The van der Waals surface area contributed by atoms with Crippen molar-refractivity contribution < 1.29 is 14.2 Å². The van der Waals surface area contributed by atoms with Gasteiger partial charge in [-0.15, -0.1) is 0 Å². The molecule has 5 heteroatoms. The van der Waals surface area contributed by atoms with Crippen molar-refractivity contribution in [2.24, 2.45) is 7.05 Å². The summed E-state index contributed by atoms with van der Waals surface area (Å²) in [5.41, 5.74) is 1.49. The number of aromatic nitrogens is 2. The molecule has 1 aromatic carbocycles.